The highest BCUT2D eigenvalue weighted by atomic mass is 35.5. The summed E-state index contributed by atoms with van der Waals surface area (Å²) in [6, 6.07) is 0.175. The van der Waals surface area contributed by atoms with Crippen molar-refractivity contribution in [2.45, 2.75) is 52.3 Å². The maximum atomic E-state index is 12.3. The predicted molar refractivity (Wildman–Crippen MR) is 87.4 cm³/mol. The van der Waals surface area contributed by atoms with Crippen LogP contribution in [0.4, 0.5) is 10.6 Å². The van der Waals surface area contributed by atoms with Crippen LogP contribution in [0.3, 0.4) is 0 Å². The summed E-state index contributed by atoms with van der Waals surface area (Å²) in [6.45, 7) is 11.0. The van der Waals surface area contributed by atoms with Gasteiger partial charge in [-0.25, -0.2) is 4.79 Å². The van der Waals surface area contributed by atoms with Gasteiger partial charge in [-0.15, -0.1) is 0 Å². The number of aromatic nitrogens is 2. The Morgan fingerprint density at radius 3 is 2.45 bits per heavy atom. The fraction of sp³-hybridized carbons (Fsp3) is 0.733. The van der Waals surface area contributed by atoms with Crippen molar-refractivity contribution < 1.29 is 9.53 Å². The molecule has 0 saturated carbocycles. The van der Waals surface area contributed by atoms with Crippen molar-refractivity contribution in [1.82, 2.24) is 14.7 Å². The molecule has 0 aromatic carbocycles. The van der Waals surface area contributed by atoms with Crippen molar-refractivity contribution in [2.75, 3.05) is 18.0 Å². The maximum absolute atomic E-state index is 12.3. The Balaban J connectivity index is 2.14. The summed E-state index contributed by atoms with van der Waals surface area (Å²) in [5.41, 5.74) is -0.484. The third kappa shape index (κ3) is 3.48. The van der Waals surface area contributed by atoms with Crippen LogP contribution in [-0.4, -0.2) is 51.5 Å². The zero-order valence-electron chi connectivity index (χ0n) is 14.1. The first kappa shape index (κ1) is 16.9. The molecule has 0 spiro atoms. The molecule has 0 unspecified atom stereocenters. The van der Waals surface area contributed by atoms with Gasteiger partial charge in [-0.1, -0.05) is 11.6 Å². The third-order valence-electron chi connectivity index (χ3n) is 3.75. The zero-order valence-corrected chi connectivity index (χ0v) is 14.9. The average Bonchev–Trinajstić information content (AvgIpc) is 2.69. The van der Waals surface area contributed by atoms with E-state index in [1.165, 1.54) is 0 Å². The van der Waals surface area contributed by atoms with Gasteiger partial charge in [-0.2, -0.15) is 5.10 Å². The molecule has 124 valence electrons. The lowest BCUT2D eigenvalue weighted by Crippen LogP contribution is -2.59. The lowest BCUT2D eigenvalue weighted by Gasteiger charge is -2.45. The van der Waals surface area contributed by atoms with E-state index in [1.807, 2.05) is 34.7 Å². The number of halogens is 1. The van der Waals surface area contributed by atoms with Crippen LogP contribution < -0.4 is 4.90 Å². The minimum Gasteiger partial charge on any atom is -0.444 e. The van der Waals surface area contributed by atoms with Crippen LogP contribution in [0, 0.1) is 0 Å². The molecule has 1 aromatic heterocycles. The molecule has 0 N–H and O–H groups in total. The highest BCUT2D eigenvalue weighted by Crippen LogP contribution is 2.30. The molecule has 1 amide bonds. The van der Waals surface area contributed by atoms with Gasteiger partial charge < -0.3 is 14.5 Å². The molecule has 2 heterocycles. The predicted octanol–water partition coefficient (Wildman–Crippen LogP) is 2.91. The third-order valence-corrected chi connectivity index (χ3v) is 4.02. The Labute approximate surface area is 137 Å². The van der Waals surface area contributed by atoms with Crippen molar-refractivity contribution in [3.8, 4) is 0 Å². The van der Waals surface area contributed by atoms with Crippen LogP contribution in [0.15, 0.2) is 6.20 Å². The molecule has 2 rings (SSSR count). The lowest BCUT2D eigenvalue weighted by molar-refractivity contribution is 0.0129. The van der Waals surface area contributed by atoms with E-state index in [2.05, 4.69) is 16.9 Å². The van der Waals surface area contributed by atoms with Crippen molar-refractivity contribution >= 4 is 23.5 Å². The van der Waals surface area contributed by atoms with Crippen molar-refractivity contribution in [3.63, 3.8) is 0 Å². The molecular formula is C15H25ClN4O2. The van der Waals surface area contributed by atoms with Gasteiger partial charge in [-0.3, -0.25) is 4.68 Å². The Bertz CT molecular complexity index is 533. The number of ether oxygens (including phenoxy) is 1. The molecule has 22 heavy (non-hydrogen) atoms. The first-order valence-electron chi connectivity index (χ1n) is 7.54. The highest BCUT2D eigenvalue weighted by molar-refractivity contribution is 6.32. The average molecular weight is 329 g/mol. The standard InChI is InChI=1S/C15H25ClN4O2/c1-10-9-20(14(21)22-15(3,4)5)11(2)8-19(10)13-12(16)7-17-18(13)6/h7,10-11H,8-9H2,1-6H3/t10-,11-/m1/s1. The minimum absolute atomic E-state index is 0.0389. The van der Waals surface area contributed by atoms with E-state index in [0.29, 0.717) is 18.1 Å². The van der Waals surface area contributed by atoms with E-state index < -0.39 is 5.60 Å². The first-order chi connectivity index (χ1) is 10.1. The molecule has 1 aliphatic rings. The normalized spacial score (nSPS) is 22.9. The van der Waals surface area contributed by atoms with Gasteiger partial charge >= 0.3 is 6.09 Å². The number of anilines is 1. The topological polar surface area (TPSA) is 50.6 Å². The molecule has 1 aliphatic heterocycles. The molecule has 1 fully saturated rings. The summed E-state index contributed by atoms with van der Waals surface area (Å²) in [5, 5.41) is 4.82. The Hall–Kier alpha value is -1.43. The van der Waals surface area contributed by atoms with Gasteiger partial charge in [0.1, 0.15) is 16.4 Å². The van der Waals surface area contributed by atoms with Gasteiger partial charge in [0.2, 0.25) is 0 Å². The van der Waals surface area contributed by atoms with Gasteiger partial charge in [0.15, 0.2) is 0 Å². The summed E-state index contributed by atoms with van der Waals surface area (Å²) in [6.07, 6.45) is 1.39. The van der Waals surface area contributed by atoms with E-state index in [0.717, 1.165) is 5.82 Å². The van der Waals surface area contributed by atoms with Gasteiger partial charge in [0.05, 0.1) is 6.20 Å². The molecule has 0 aliphatic carbocycles. The number of rotatable bonds is 1. The molecule has 6 nitrogen and oxygen atoms in total. The minimum atomic E-state index is -0.484. The molecule has 2 atom stereocenters. The highest BCUT2D eigenvalue weighted by Gasteiger charge is 2.36. The van der Waals surface area contributed by atoms with Gasteiger partial charge in [0.25, 0.3) is 0 Å². The summed E-state index contributed by atoms with van der Waals surface area (Å²) >= 11 is 6.25. The van der Waals surface area contributed by atoms with E-state index in [-0.39, 0.29) is 18.2 Å². The number of nitrogens with zero attached hydrogens (tertiary/aromatic N) is 4. The quantitative estimate of drug-likeness (QED) is 0.795. The molecule has 0 radical (unpaired) electrons. The van der Waals surface area contributed by atoms with Crippen LogP contribution in [0.2, 0.25) is 5.02 Å². The van der Waals surface area contributed by atoms with Crippen LogP contribution in [0.1, 0.15) is 34.6 Å². The number of amides is 1. The largest absolute Gasteiger partial charge is 0.444 e. The summed E-state index contributed by atoms with van der Waals surface area (Å²) in [5.74, 6) is 0.893. The van der Waals surface area contributed by atoms with Crippen LogP contribution >= 0.6 is 11.6 Å². The van der Waals surface area contributed by atoms with E-state index >= 15 is 0 Å². The van der Waals surface area contributed by atoms with E-state index in [4.69, 9.17) is 16.3 Å². The Morgan fingerprint density at radius 1 is 1.32 bits per heavy atom. The van der Waals surface area contributed by atoms with Crippen LogP contribution in [-0.2, 0) is 11.8 Å². The SMILES string of the molecule is C[C@@H]1CN(c2c(Cl)cnn2C)[C@H](C)CN1C(=O)OC(C)(C)C. The monoisotopic (exact) mass is 328 g/mol. The second-order valence-electron chi connectivity index (χ2n) is 6.92. The lowest BCUT2D eigenvalue weighted by atomic mass is 10.1. The van der Waals surface area contributed by atoms with Crippen molar-refractivity contribution in [3.05, 3.63) is 11.2 Å². The number of hydrogen-bond donors (Lipinski definition) is 0. The number of aryl methyl sites for hydroxylation is 1. The van der Waals surface area contributed by atoms with Crippen molar-refractivity contribution in [2.24, 2.45) is 7.05 Å². The fourth-order valence-electron chi connectivity index (χ4n) is 2.72. The zero-order chi connectivity index (χ0) is 16.7. The summed E-state index contributed by atoms with van der Waals surface area (Å²) < 4.78 is 7.27. The van der Waals surface area contributed by atoms with Crippen LogP contribution in [0.5, 0.6) is 0 Å². The number of piperazine rings is 1. The molecule has 0 bridgehead atoms. The molecule has 7 heteroatoms. The summed E-state index contributed by atoms with van der Waals surface area (Å²) in [4.78, 5) is 16.3. The maximum Gasteiger partial charge on any atom is 0.410 e. The molecule has 1 aromatic rings. The van der Waals surface area contributed by atoms with Gasteiger partial charge in [0, 0.05) is 32.2 Å². The van der Waals surface area contributed by atoms with Crippen molar-refractivity contribution in [1.29, 1.82) is 0 Å². The Kier molecular flexibility index (Phi) is 4.61. The summed E-state index contributed by atoms with van der Waals surface area (Å²) in [7, 11) is 1.87. The molecular weight excluding hydrogens is 304 g/mol. The number of carbonyl (C=O) groups is 1. The fourth-order valence-corrected chi connectivity index (χ4v) is 3.00. The smallest absolute Gasteiger partial charge is 0.410 e. The van der Waals surface area contributed by atoms with Crippen LogP contribution in [0.25, 0.3) is 0 Å². The van der Waals surface area contributed by atoms with E-state index in [1.54, 1.807) is 15.8 Å². The Morgan fingerprint density at radius 2 is 1.95 bits per heavy atom. The first-order valence-corrected chi connectivity index (χ1v) is 7.91. The van der Waals surface area contributed by atoms with E-state index in [9.17, 15) is 4.79 Å². The number of hydrogen-bond acceptors (Lipinski definition) is 4. The number of carbonyl (C=O) groups excluding carboxylic acids is 1. The second-order valence-corrected chi connectivity index (χ2v) is 7.33. The van der Waals surface area contributed by atoms with Gasteiger partial charge in [-0.05, 0) is 34.6 Å². The second kappa shape index (κ2) is 5.99. The molecule has 1 saturated heterocycles.